The molecule has 2 amide bonds. The van der Waals surface area contributed by atoms with Crippen LogP contribution in [0.15, 0.2) is 24.3 Å². The second-order valence-electron chi connectivity index (χ2n) is 5.19. The van der Waals surface area contributed by atoms with Gasteiger partial charge < -0.3 is 19.9 Å². The number of carbonyl (C=O) groups is 2. The minimum absolute atomic E-state index is 0.0107. The number of amides is 2. The first-order chi connectivity index (χ1) is 10.4. The van der Waals surface area contributed by atoms with Gasteiger partial charge >= 0.3 is 0 Å². The lowest BCUT2D eigenvalue weighted by molar-refractivity contribution is -0.123. The fraction of sp³-hybridized carbons (Fsp3) is 0.500. The van der Waals surface area contributed by atoms with Crippen LogP contribution in [-0.4, -0.2) is 57.1 Å². The molecule has 0 aliphatic rings. The van der Waals surface area contributed by atoms with E-state index in [1.54, 1.807) is 24.3 Å². The molecular formula is C16H25N3O3. The molecule has 0 spiro atoms. The van der Waals surface area contributed by atoms with Gasteiger partial charge in [0.15, 0.2) is 0 Å². The van der Waals surface area contributed by atoms with E-state index in [9.17, 15) is 9.59 Å². The van der Waals surface area contributed by atoms with Gasteiger partial charge in [0, 0.05) is 25.7 Å². The summed E-state index contributed by atoms with van der Waals surface area (Å²) >= 11 is 0. The molecular weight excluding hydrogens is 282 g/mol. The molecule has 0 radical (unpaired) electrons. The smallest absolute Gasteiger partial charge is 0.240 e. The molecule has 0 fully saturated rings. The largest absolute Gasteiger partial charge is 0.494 e. The summed E-state index contributed by atoms with van der Waals surface area (Å²) in [6.45, 7) is 5.27. The minimum Gasteiger partial charge on any atom is -0.494 e. The molecule has 0 aliphatic heterocycles. The third-order valence-corrected chi connectivity index (χ3v) is 3.02. The molecule has 0 aliphatic carbocycles. The first-order valence-corrected chi connectivity index (χ1v) is 7.36. The van der Waals surface area contributed by atoms with Crippen LogP contribution in [0.2, 0.25) is 0 Å². The Morgan fingerprint density at radius 3 is 2.32 bits per heavy atom. The number of ether oxygens (including phenoxy) is 1. The van der Waals surface area contributed by atoms with Crippen LogP contribution in [0.3, 0.4) is 0 Å². The Hall–Kier alpha value is -2.08. The molecule has 22 heavy (non-hydrogen) atoms. The summed E-state index contributed by atoms with van der Waals surface area (Å²) in [5.74, 6) is 0.392. The van der Waals surface area contributed by atoms with Crippen LogP contribution in [0, 0.1) is 0 Å². The topological polar surface area (TPSA) is 61.9 Å². The van der Waals surface area contributed by atoms with E-state index in [1.165, 1.54) is 11.8 Å². The monoisotopic (exact) mass is 307 g/mol. The van der Waals surface area contributed by atoms with Crippen molar-refractivity contribution in [2.24, 2.45) is 0 Å². The molecule has 0 saturated carbocycles. The Morgan fingerprint density at radius 2 is 1.82 bits per heavy atom. The molecule has 122 valence electrons. The van der Waals surface area contributed by atoms with Crippen molar-refractivity contribution in [1.82, 2.24) is 10.2 Å². The second-order valence-corrected chi connectivity index (χ2v) is 5.19. The predicted octanol–water partition coefficient (Wildman–Crippen LogP) is 1.12. The van der Waals surface area contributed by atoms with E-state index in [4.69, 9.17) is 4.74 Å². The molecule has 1 aromatic rings. The highest BCUT2D eigenvalue weighted by Crippen LogP contribution is 2.19. The number of likely N-dealkylation sites (N-methyl/N-ethyl adjacent to an activating group) is 1. The minimum atomic E-state index is -0.175. The lowest BCUT2D eigenvalue weighted by atomic mass is 10.2. The Kier molecular flexibility index (Phi) is 7.39. The first-order valence-electron chi connectivity index (χ1n) is 7.36. The average molecular weight is 307 g/mol. The lowest BCUT2D eigenvalue weighted by Crippen LogP contribution is -2.41. The van der Waals surface area contributed by atoms with Crippen molar-refractivity contribution in [3.05, 3.63) is 24.3 Å². The third-order valence-electron chi connectivity index (χ3n) is 3.02. The van der Waals surface area contributed by atoms with Crippen molar-refractivity contribution in [2.75, 3.05) is 45.2 Å². The fourth-order valence-electron chi connectivity index (χ4n) is 1.89. The maximum atomic E-state index is 11.9. The fourth-order valence-corrected chi connectivity index (χ4v) is 1.89. The van der Waals surface area contributed by atoms with Crippen LogP contribution in [-0.2, 0) is 9.59 Å². The van der Waals surface area contributed by atoms with Crippen LogP contribution >= 0.6 is 0 Å². The van der Waals surface area contributed by atoms with Gasteiger partial charge in [0.05, 0.1) is 6.61 Å². The first kappa shape index (κ1) is 18.0. The Morgan fingerprint density at radius 1 is 1.18 bits per heavy atom. The normalized spacial score (nSPS) is 10.4. The quantitative estimate of drug-likeness (QED) is 0.782. The summed E-state index contributed by atoms with van der Waals surface area (Å²) in [6, 6.07) is 7.14. The highest BCUT2D eigenvalue weighted by atomic mass is 16.5. The van der Waals surface area contributed by atoms with Gasteiger partial charge in [0.25, 0.3) is 0 Å². The van der Waals surface area contributed by atoms with E-state index in [0.717, 1.165) is 12.3 Å². The number of hydrogen-bond acceptors (Lipinski definition) is 4. The van der Waals surface area contributed by atoms with Gasteiger partial charge in [-0.05, 0) is 45.3 Å². The molecule has 0 unspecified atom stereocenters. The molecule has 6 nitrogen and oxygen atoms in total. The van der Waals surface area contributed by atoms with Crippen molar-refractivity contribution in [2.45, 2.75) is 13.8 Å². The molecule has 0 saturated heterocycles. The number of anilines is 1. The van der Waals surface area contributed by atoms with Crippen molar-refractivity contribution in [3.63, 3.8) is 0 Å². The number of rotatable bonds is 8. The van der Waals surface area contributed by atoms with E-state index in [2.05, 4.69) is 5.32 Å². The van der Waals surface area contributed by atoms with Crippen molar-refractivity contribution >= 4 is 17.5 Å². The number of benzene rings is 1. The van der Waals surface area contributed by atoms with Gasteiger partial charge in [-0.3, -0.25) is 9.59 Å². The van der Waals surface area contributed by atoms with Crippen LogP contribution < -0.4 is 15.0 Å². The number of nitrogens with one attached hydrogen (secondary N) is 1. The Bertz CT molecular complexity index is 486. The molecule has 1 rings (SSSR count). The lowest BCUT2D eigenvalue weighted by Gasteiger charge is -2.21. The molecule has 6 heteroatoms. The molecule has 0 aromatic heterocycles. The van der Waals surface area contributed by atoms with E-state index in [0.29, 0.717) is 18.8 Å². The number of hydrogen-bond donors (Lipinski definition) is 1. The van der Waals surface area contributed by atoms with Crippen molar-refractivity contribution in [3.8, 4) is 5.75 Å². The Labute approximate surface area is 132 Å². The van der Waals surface area contributed by atoms with E-state index < -0.39 is 0 Å². The van der Waals surface area contributed by atoms with Crippen LogP contribution in [0.5, 0.6) is 5.75 Å². The summed E-state index contributed by atoms with van der Waals surface area (Å²) in [5.41, 5.74) is 0.679. The number of nitrogens with zero attached hydrogens (tertiary/aromatic N) is 2. The van der Waals surface area contributed by atoms with Gasteiger partial charge in [0.2, 0.25) is 11.8 Å². The van der Waals surface area contributed by atoms with Crippen LogP contribution in [0.4, 0.5) is 5.69 Å². The molecule has 0 heterocycles. The van der Waals surface area contributed by atoms with Crippen molar-refractivity contribution in [1.29, 1.82) is 0 Å². The highest BCUT2D eigenvalue weighted by Gasteiger charge is 2.15. The summed E-state index contributed by atoms with van der Waals surface area (Å²) in [4.78, 5) is 27.1. The molecule has 0 bridgehead atoms. The van der Waals surface area contributed by atoms with Crippen molar-refractivity contribution < 1.29 is 14.3 Å². The standard InChI is InChI=1S/C16H25N3O3/c1-5-22-15-8-6-14(7-9-15)19(13(2)20)12-16(21)17-10-11-18(3)4/h6-9H,5,10-12H2,1-4H3,(H,17,21). The zero-order valence-corrected chi connectivity index (χ0v) is 13.8. The molecule has 1 N–H and O–H groups in total. The van der Waals surface area contributed by atoms with Gasteiger partial charge in [-0.15, -0.1) is 0 Å². The summed E-state index contributed by atoms with van der Waals surface area (Å²) < 4.78 is 5.37. The van der Waals surface area contributed by atoms with Crippen LogP contribution in [0.1, 0.15) is 13.8 Å². The third kappa shape index (κ3) is 6.13. The van der Waals surface area contributed by atoms with Gasteiger partial charge in [-0.2, -0.15) is 0 Å². The summed E-state index contributed by atoms with van der Waals surface area (Å²) in [7, 11) is 3.88. The zero-order valence-electron chi connectivity index (χ0n) is 13.8. The van der Waals surface area contributed by atoms with Gasteiger partial charge in [0.1, 0.15) is 12.3 Å². The number of carbonyl (C=O) groups excluding carboxylic acids is 2. The predicted molar refractivity (Wildman–Crippen MR) is 87.2 cm³/mol. The molecule has 1 aromatic carbocycles. The zero-order chi connectivity index (χ0) is 16.5. The summed E-state index contributed by atoms with van der Waals surface area (Å²) in [6.07, 6.45) is 0. The van der Waals surface area contributed by atoms with E-state index in [1.807, 2.05) is 25.9 Å². The SMILES string of the molecule is CCOc1ccc(N(CC(=O)NCCN(C)C)C(C)=O)cc1. The summed E-state index contributed by atoms with van der Waals surface area (Å²) in [5, 5.41) is 2.80. The molecule has 0 atom stereocenters. The van der Waals surface area contributed by atoms with E-state index in [-0.39, 0.29) is 18.4 Å². The highest BCUT2D eigenvalue weighted by molar-refractivity contribution is 5.97. The Balaban J connectivity index is 2.65. The van der Waals surface area contributed by atoms with E-state index >= 15 is 0 Å². The van der Waals surface area contributed by atoms with Gasteiger partial charge in [-0.25, -0.2) is 0 Å². The van der Waals surface area contributed by atoms with Crippen LogP contribution in [0.25, 0.3) is 0 Å². The maximum absolute atomic E-state index is 11.9. The van der Waals surface area contributed by atoms with Gasteiger partial charge in [-0.1, -0.05) is 0 Å². The second kappa shape index (κ2) is 9.04. The maximum Gasteiger partial charge on any atom is 0.240 e. The average Bonchev–Trinajstić information content (AvgIpc) is 2.45.